The topological polar surface area (TPSA) is 117 Å². The summed E-state index contributed by atoms with van der Waals surface area (Å²) in [5, 5.41) is 21.6. The number of aromatic nitrogens is 4. The molecule has 146 valence electrons. The van der Waals surface area contributed by atoms with Gasteiger partial charge in [-0.05, 0) is 17.7 Å². The van der Waals surface area contributed by atoms with Crippen LogP contribution in [0.25, 0.3) is 0 Å². The van der Waals surface area contributed by atoms with Crippen LogP contribution in [0.3, 0.4) is 0 Å². The summed E-state index contributed by atoms with van der Waals surface area (Å²) < 4.78 is 20.6. The van der Waals surface area contributed by atoms with Crippen molar-refractivity contribution in [3.63, 3.8) is 0 Å². The summed E-state index contributed by atoms with van der Waals surface area (Å²) >= 11 is 6.08. The van der Waals surface area contributed by atoms with E-state index in [-0.39, 0.29) is 41.3 Å². The molecule has 0 saturated heterocycles. The summed E-state index contributed by atoms with van der Waals surface area (Å²) in [6.07, 6.45) is 2.58. The molecule has 28 heavy (non-hydrogen) atoms. The molecule has 0 aliphatic heterocycles. The summed E-state index contributed by atoms with van der Waals surface area (Å²) in [6, 6.07) is 6.01. The van der Waals surface area contributed by atoms with E-state index in [1.807, 2.05) is 0 Å². The molecule has 1 amide bonds. The van der Waals surface area contributed by atoms with Gasteiger partial charge in [-0.2, -0.15) is 5.10 Å². The summed E-state index contributed by atoms with van der Waals surface area (Å²) in [6.45, 7) is -0.0484. The van der Waals surface area contributed by atoms with Crippen molar-refractivity contribution in [3.8, 4) is 5.88 Å². The number of nitrogens with zero attached hydrogens (tertiary/aromatic N) is 5. The highest BCUT2D eigenvalue weighted by Crippen LogP contribution is 2.24. The van der Waals surface area contributed by atoms with Gasteiger partial charge in [0.05, 0.1) is 18.6 Å². The van der Waals surface area contributed by atoms with Gasteiger partial charge in [-0.25, -0.2) is 4.39 Å². The number of methoxy groups -OCH3 is 1. The lowest BCUT2D eigenvalue weighted by molar-refractivity contribution is -0.385. The smallest absolute Gasteiger partial charge is 0.350 e. The number of carbonyl (C=O) groups is 1. The highest BCUT2D eigenvalue weighted by molar-refractivity contribution is 6.33. The van der Waals surface area contributed by atoms with Crippen LogP contribution in [0.5, 0.6) is 5.88 Å². The Morgan fingerprint density at radius 2 is 2.14 bits per heavy atom. The second kappa shape index (κ2) is 8.05. The monoisotopic (exact) mass is 408 g/mol. The first-order valence-electron chi connectivity index (χ1n) is 7.89. The minimum absolute atomic E-state index is 0.108. The Balaban J connectivity index is 1.67. The third-order valence-electron chi connectivity index (χ3n) is 3.61. The summed E-state index contributed by atoms with van der Waals surface area (Å²) in [7, 11) is 1.24. The van der Waals surface area contributed by atoms with Crippen molar-refractivity contribution in [3.05, 3.63) is 63.2 Å². The molecule has 0 aliphatic rings. The van der Waals surface area contributed by atoms with Gasteiger partial charge >= 0.3 is 11.6 Å². The number of hydrogen-bond acceptors (Lipinski definition) is 6. The molecule has 0 aliphatic carbocycles. The van der Waals surface area contributed by atoms with E-state index in [9.17, 15) is 19.3 Å². The van der Waals surface area contributed by atoms with E-state index in [1.165, 1.54) is 30.1 Å². The first kappa shape index (κ1) is 19.3. The quantitative estimate of drug-likeness (QED) is 0.474. The fraction of sp³-hybridized carbons (Fsp3) is 0.188. The van der Waals surface area contributed by atoms with Crippen LogP contribution in [-0.2, 0) is 17.9 Å². The van der Waals surface area contributed by atoms with Crippen LogP contribution in [0.1, 0.15) is 5.56 Å². The van der Waals surface area contributed by atoms with Crippen molar-refractivity contribution in [2.45, 2.75) is 13.1 Å². The average Bonchev–Trinajstić information content (AvgIpc) is 3.18. The van der Waals surface area contributed by atoms with Crippen LogP contribution in [-0.4, -0.2) is 37.5 Å². The van der Waals surface area contributed by atoms with Gasteiger partial charge in [-0.15, -0.1) is 5.10 Å². The molecule has 0 atom stereocenters. The van der Waals surface area contributed by atoms with E-state index in [2.05, 4.69) is 15.5 Å². The van der Waals surface area contributed by atoms with Gasteiger partial charge in [0.15, 0.2) is 5.82 Å². The number of nitrogens with one attached hydrogen (secondary N) is 1. The highest BCUT2D eigenvalue weighted by atomic mass is 35.5. The molecule has 0 saturated carbocycles. The Kier molecular flexibility index (Phi) is 5.54. The zero-order valence-electron chi connectivity index (χ0n) is 14.5. The van der Waals surface area contributed by atoms with Crippen LogP contribution in [0.2, 0.25) is 5.02 Å². The molecular weight excluding hydrogens is 395 g/mol. The number of amides is 1. The van der Waals surface area contributed by atoms with Crippen LogP contribution in [0, 0.1) is 15.9 Å². The van der Waals surface area contributed by atoms with E-state index in [0.29, 0.717) is 5.56 Å². The fourth-order valence-corrected chi connectivity index (χ4v) is 2.65. The minimum Gasteiger partial charge on any atom is -0.475 e. The van der Waals surface area contributed by atoms with Crippen LogP contribution >= 0.6 is 11.6 Å². The number of rotatable bonds is 7. The molecule has 0 radical (unpaired) electrons. The molecule has 1 aromatic carbocycles. The number of halogens is 2. The fourth-order valence-electron chi connectivity index (χ4n) is 2.45. The number of anilines is 1. The zero-order chi connectivity index (χ0) is 20.3. The predicted octanol–water partition coefficient (Wildman–Crippen LogP) is 2.48. The highest BCUT2D eigenvalue weighted by Gasteiger charge is 2.21. The number of ether oxygens (including phenoxy) is 1. The van der Waals surface area contributed by atoms with Crippen LogP contribution < -0.4 is 10.1 Å². The molecular formula is C16H14ClFN6O4. The molecule has 1 N–H and O–H groups in total. The Bertz CT molecular complexity index is 1030. The van der Waals surface area contributed by atoms with Crippen LogP contribution in [0.4, 0.5) is 15.9 Å². The predicted molar refractivity (Wildman–Crippen MR) is 96.8 cm³/mol. The van der Waals surface area contributed by atoms with Crippen molar-refractivity contribution in [1.29, 1.82) is 0 Å². The number of carbonyl (C=O) groups excluding carboxylic acids is 1. The van der Waals surface area contributed by atoms with Crippen LogP contribution in [0.15, 0.2) is 36.7 Å². The summed E-state index contributed by atoms with van der Waals surface area (Å²) in [4.78, 5) is 22.4. The number of hydrogen-bond donors (Lipinski definition) is 1. The molecule has 0 spiro atoms. The molecule has 2 heterocycles. The Morgan fingerprint density at radius 3 is 2.79 bits per heavy atom. The molecule has 0 bridgehead atoms. The lowest BCUT2D eigenvalue weighted by Crippen LogP contribution is -2.19. The standard InChI is InChI=1S/C16H14ClFN6O4/c1-28-16-13(24(26)27)8-23(21-16)9-14(25)19-15-12(17)7-22(20-15)6-10-3-2-4-11(18)5-10/h2-5,7-8H,6,9H2,1H3,(H,19,20,25). The third-order valence-corrected chi connectivity index (χ3v) is 3.89. The Morgan fingerprint density at radius 1 is 1.36 bits per heavy atom. The normalized spacial score (nSPS) is 10.7. The van der Waals surface area contributed by atoms with E-state index in [0.717, 1.165) is 10.9 Å². The lowest BCUT2D eigenvalue weighted by atomic mass is 10.2. The summed E-state index contributed by atoms with van der Waals surface area (Å²) in [5.41, 5.74) is 0.320. The van der Waals surface area contributed by atoms with Gasteiger partial charge in [-0.1, -0.05) is 23.7 Å². The van der Waals surface area contributed by atoms with Gasteiger partial charge in [-0.3, -0.25) is 24.3 Å². The van der Waals surface area contributed by atoms with Crippen molar-refractivity contribution in [1.82, 2.24) is 19.6 Å². The Hall–Kier alpha value is -3.47. The maximum Gasteiger partial charge on any atom is 0.350 e. The zero-order valence-corrected chi connectivity index (χ0v) is 15.3. The van der Waals surface area contributed by atoms with E-state index in [4.69, 9.17) is 16.3 Å². The molecule has 12 heteroatoms. The molecule has 0 fully saturated rings. The van der Waals surface area contributed by atoms with Crippen molar-refractivity contribution in [2.75, 3.05) is 12.4 Å². The maximum atomic E-state index is 13.3. The first-order valence-corrected chi connectivity index (χ1v) is 8.26. The molecule has 3 rings (SSSR count). The van der Waals surface area contributed by atoms with Crippen molar-refractivity contribution in [2.24, 2.45) is 0 Å². The third kappa shape index (κ3) is 4.43. The molecule has 2 aromatic heterocycles. The maximum absolute atomic E-state index is 13.3. The molecule has 10 nitrogen and oxygen atoms in total. The lowest BCUT2D eigenvalue weighted by Gasteiger charge is -2.03. The number of nitro groups is 1. The number of benzene rings is 1. The van der Waals surface area contributed by atoms with Gasteiger partial charge in [0, 0.05) is 6.20 Å². The second-order valence-corrected chi connectivity index (χ2v) is 6.09. The van der Waals surface area contributed by atoms with Gasteiger partial charge in [0.25, 0.3) is 0 Å². The van der Waals surface area contributed by atoms with Gasteiger partial charge in [0.2, 0.25) is 5.91 Å². The van der Waals surface area contributed by atoms with E-state index >= 15 is 0 Å². The average molecular weight is 409 g/mol. The van der Waals surface area contributed by atoms with Crippen molar-refractivity contribution >= 4 is 29.0 Å². The second-order valence-electron chi connectivity index (χ2n) is 5.68. The largest absolute Gasteiger partial charge is 0.475 e. The SMILES string of the molecule is COc1nn(CC(=O)Nc2nn(Cc3cccc(F)c3)cc2Cl)cc1[N+](=O)[O-]. The van der Waals surface area contributed by atoms with E-state index in [1.54, 1.807) is 12.1 Å². The Labute approximate surface area is 162 Å². The van der Waals surface area contributed by atoms with Gasteiger partial charge in [0.1, 0.15) is 23.6 Å². The van der Waals surface area contributed by atoms with Gasteiger partial charge < -0.3 is 10.1 Å². The van der Waals surface area contributed by atoms with Crippen molar-refractivity contribution < 1.29 is 18.8 Å². The molecule has 0 unspecified atom stereocenters. The first-order chi connectivity index (χ1) is 13.4. The summed E-state index contributed by atoms with van der Waals surface area (Å²) in [5.74, 6) is -1.00. The van der Waals surface area contributed by atoms with E-state index < -0.39 is 10.8 Å². The molecule has 3 aromatic rings. The minimum atomic E-state index is -0.662.